The van der Waals surface area contributed by atoms with Crippen LogP contribution in [0.5, 0.6) is 0 Å². The molecule has 116 valence electrons. The van der Waals surface area contributed by atoms with E-state index >= 15 is 0 Å². The summed E-state index contributed by atoms with van der Waals surface area (Å²) in [5.41, 5.74) is 1.51. The number of nitriles is 1. The second-order valence-corrected chi connectivity index (χ2v) is 12.5. The first kappa shape index (κ1) is 17.9. The SMILES string of the molecule is CC(C)C(C#N)(O[Si](C)(C)C)c1ccc(C(C)(C)C)cc1. The van der Waals surface area contributed by atoms with E-state index in [-0.39, 0.29) is 11.3 Å². The standard InChI is InChI=1S/C18H29NOSi/c1-14(2)18(13-19,20-21(6,7)8)16-11-9-15(10-12-16)17(3,4)5/h9-12,14H,1-8H3. The van der Waals surface area contributed by atoms with Crippen molar-refractivity contribution in [3.8, 4) is 6.07 Å². The second kappa shape index (κ2) is 5.94. The van der Waals surface area contributed by atoms with Crippen molar-refractivity contribution in [2.45, 2.75) is 65.3 Å². The third-order valence-corrected chi connectivity index (χ3v) is 4.56. The normalized spacial score (nSPS) is 15.6. The van der Waals surface area contributed by atoms with Crippen molar-refractivity contribution in [3.05, 3.63) is 35.4 Å². The maximum absolute atomic E-state index is 9.84. The Hall–Kier alpha value is -1.11. The Bertz CT molecular complexity index is 514. The highest BCUT2D eigenvalue weighted by Crippen LogP contribution is 2.37. The Morgan fingerprint density at radius 3 is 1.71 bits per heavy atom. The Balaban J connectivity index is 3.32. The van der Waals surface area contributed by atoms with Crippen molar-refractivity contribution in [1.82, 2.24) is 0 Å². The van der Waals surface area contributed by atoms with Gasteiger partial charge in [0.25, 0.3) is 0 Å². The van der Waals surface area contributed by atoms with Gasteiger partial charge >= 0.3 is 0 Å². The lowest BCUT2D eigenvalue weighted by molar-refractivity contribution is 0.0680. The maximum Gasteiger partial charge on any atom is 0.186 e. The Labute approximate surface area is 131 Å². The van der Waals surface area contributed by atoms with Crippen LogP contribution in [-0.2, 0) is 15.4 Å². The van der Waals surface area contributed by atoms with Gasteiger partial charge in [-0.3, -0.25) is 0 Å². The molecule has 0 aliphatic rings. The zero-order valence-corrected chi connectivity index (χ0v) is 15.7. The van der Waals surface area contributed by atoms with Crippen LogP contribution < -0.4 is 0 Å². The molecule has 1 unspecified atom stereocenters. The molecule has 1 atom stereocenters. The first-order valence-corrected chi connectivity index (χ1v) is 11.1. The summed E-state index contributed by atoms with van der Waals surface area (Å²) >= 11 is 0. The predicted octanol–water partition coefficient (Wildman–Crippen LogP) is 5.21. The first-order chi connectivity index (χ1) is 9.42. The highest BCUT2D eigenvalue weighted by atomic mass is 28.4. The third kappa shape index (κ3) is 4.18. The minimum atomic E-state index is -1.83. The monoisotopic (exact) mass is 303 g/mol. The fourth-order valence-corrected chi connectivity index (χ4v) is 3.79. The van der Waals surface area contributed by atoms with Crippen LogP contribution in [0.15, 0.2) is 24.3 Å². The molecule has 0 spiro atoms. The molecular weight excluding hydrogens is 274 g/mol. The van der Waals surface area contributed by atoms with Crippen LogP contribution in [0.2, 0.25) is 19.6 Å². The van der Waals surface area contributed by atoms with Crippen molar-refractivity contribution in [2.75, 3.05) is 0 Å². The molecule has 0 bridgehead atoms. The summed E-state index contributed by atoms with van der Waals surface area (Å²) < 4.78 is 6.33. The average molecular weight is 304 g/mol. The Morgan fingerprint density at radius 2 is 1.43 bits per heavy atom. The molecule has 21 heavy (non-hydrogen) atoms. The van der Waals surface area contributed by atoms with Gasteiger partial charge in [-0.15, -0.1) is 0 Å². The van der Waals surface area contributed by atoms with E-state index in [0.717, 1.165) is 5.56 Å². The fourth-order valence-electron chi connectivity index (χ4n) is 2.43. The van der Waals surface area contributed by atoms with Gasteiger partial charge in [0.05, 0.1) is 0 Å². The van der Waals surface area contributed by atoms with Crippen LogP contribution in [0, 0.1) is 17.2 Å². The topological polar surface area (TPSA) is 33.0 Å². The zero-order chi connectivity index (χ0) is 16.5. The highest BCUT2D eigenvalue weighted by Gasteiger charge is 2.41. The zero-order valence-electron chi connectivity index (χ0n) is 14.7. The molecule has 2 nitrogen and oxygen atoms in total. The van der Waals surface area contributed by atoms with Crippen LogP contribution in [0.4, 0.5) is 0 Å². The van der Waals surface area contributed by atoms with Gasteiger partial charge in [0.1, 0.15) is 6.07 Å². The smallest absolute Gasteiger partial charge is 0.186 e. The van der Waals surface area contributed by atoms with E-state index in [0.29, 0.717) is 0 Å². The van der Waals surface area contributed by atoms with Crippen LogP contribution in [0.3, 0.4) is 0 Å². The molecule has 0 fully saturated rings. The van der Waals surface area contributed by atoms with Gasteiger partial charge in [0.2, 0.25) is 0 Å². The predicted molar refractivity (Wildman–Crippen MR) is 91.7 cm³/mol. The summed E-state index contributed by atoms with van der Waals surface area (Å²) in [5.74, 6) is 0.106. The van der Waals surface area contributed by atoms with Gasteiger partial charge in [-0.25, -0.2) is 0 Å². The number of rotatable bonds is 4. The van der Waals surface area contributed by atoms with Crippen molar-refractivity contribution in [2.24, 2.45) is 5.92 Å². The summed E-state index contributed by atoms with van der Waals surface area (Å²) in [6.07, 6.45) is 0. The molecule has 3 heteroatoms. The minimum Gasteiger partial charge on any atom is -0.396 e. The highest BCUT2D eigenvalue weighted by molar-refractivity contribution is 6.69. The van der Waals surface area contributed by atoms with E-state index < -0.39 is 13.9 Å². The maximum atomic E-state index is 9.84. The average Bonchev–Trinajstić information content (AvgIpc) is 2.33. The quantitative estimate of drug-likeness (QED) is 0.715. The number of hydrogen-bond acceptors (Lipinski definition) is 2. The van der Waals surface area contributed by atoms with Crippen molar-refractivity contribution in [1.29, 1.82) is 5.26 Å². The van der Waals surface area contributed by atoms with E-state index in [1.54, 1.807) is 0 Å². The molecule has 1 rings (SSSR count). The van der Waals surface area contributed by atoms with Gasteiger partial charge in [-0.1, -0.05) is 58.9 Å². The van der Waals surface area contributed by atoms with Crippen LogP contribution in [-0.4, -0.2) is 8.32 Å². The number of hydrogen-bond donors (Lipinski definition) is 0. The van der Waals surface area contributed by atoms with Gasteiger partial charge in [-0.05, 0) is 42.1 Å². The Kier molecular flexibility index (Phi) is 5.08. The molecule has 0 saturated carbocycles. The van der Waals surface area contributed by atoms with Gasteiger partial charge in [0, 0.05) is 0 Å². The summed E-state index contributed by atoms with van der Waals surface area (Å²) in [4.78, 5) is 0. The molecule has 1 aromatic carbocycles. The lowest BCUT2D eigenvalue weighted by atomic mass is 9.81. The van der Waals surface area contributed by atoms with Crippen molar-refractivity contribution >= 4 is 8.32 Å². The summed E-state index contributed by atoms with van der Waals surface area (Å²) in [6, 6.07) is 10.8. The van der Waals surface area contributed by atoms with E-state index in [1.807, 2.05) is 0 Å². The minimum absolute atomic E-state index is 0.106. The van der Waals surface area contributed by atoms with Crippen LogP contribution in [0.25, 0.3) is 0 Å². The molecule has 1 aromatic rings. The third-order valence-electron chi connectivity index (χ3n) is 3.63. The molecule has 0 aromatic heterocycles. The van der Waals surface area contributed by atoms with E-state index in [9.17, 15) is 5.26 Å². The fraction of sp³-hybridized carbons (Fsp3) is 0.611. The van der Waals surface area contributed by atoms with Crippen LogP contribution in [0.1, 0.15) is 45.7 Å². The summed E-state index contributed by atoms with van der Waals surface area (Å²) in [5, 5.41) is 9.84. The molecule has 0 amide bonds. The van der Waals surface area contributed by atoms with E-state index in [4.69, 9.17) is 4.43 Å². The van der Waals surface area contributed by atoms with Crippen LogP contribution >= 0.6 is 0 Å². The van der Waals surface area contributed by atoms with E-state index in [2.05, 4.69) is 84.6 Å². The van der Waals surface area contributed by atoms with Gasteiger partial charge in [-0.2, -0.15) is 5.26 Å². The van der Waals surface area contributed by atoms with Crippen molar-refractivity contribution in [3.63, 3.8) is 0 Å². The first-order valence-electron chi connectivity index (χ1n) is 7.65. The van der Waals surface area contributed by atoms with Crippen molar-refractivity contribution < 1.29 is 4.43 Å². The lowest BCUT2D eigenvalue weighted by Gasteiger charge is -2.37. The summed E-state index contributed by atoms with van der Waals surface area (Å²) in [6.45, 7) is 17.1. The molecule has 0 heterocycles. The largest absolute Gasteiger partial charge is 0.396 e. The number of benzene rings is 1. The van der Waals surface area contributed by atoms with E-state index in [1.165, 1.54) is 5.56 Å². The Morgan fingerprint density at radius 1 is 1.00 bits per heavy atom. The molecule has 0 saturated heterocycles. The van der Waals surface area contributed by atoms with Gasteiger partial charge < -0.3 is 4.43 Å². The number of nitrogens with zero attached hydrogens (tertiary/aromatic N) is 1. The second-order valence-electron chi connectivity index (χ2n) is 8.04. The molecular formula is C18H29NOSi. The van der Waals surface area contributed by atoms with Gasteiger partial charge in [0.15, 0.2) is 13.9 Å². The lowest BCUT2D eigenvalue weighted by Crippen LogP contribution is -2.43. The molecule has 0 N–H and O–H groups in total. The molecule has 0 aliphatic carbocycles. The molecule has 0 aliphatic heterocycles. The molecule has 0 radical (unpaired) electrons. The summed E-state index contributed by atoms with van der Waals surface area (Å²) in [7, 11) is -1.83.